The SMILES string of the molecule is CN(CC1(N(C)C)CCC1)C(=O)NCc1ccc(S(C)=O)cc1. The van der Waals surface area contributed by atoms with E-state index in [2.05, 4.69) is 24.3 Å². The van der Waals surface area contributed by atoms with Gasteiger partial charge in [0.25, 0.3) is 0 Å². The first-order chi connectivity index (χ1) is 10.8. The molecule has 128 valence electrons. The fourth-order valence-electron chi connectivity index (χ4n) is 2.96. The van der Waals surface area contributed by atoms with Gasteiger partial charge in [-0.2, -0.15) is 0 Å². The molecule has 1 aliphatic carbocycles. The van der Waals surface area contributed by atoms with Crippen molar-refractivity contribution in [2.24, 2.45) is 0 Å². The molecule has 0 bridgehead atoms. The number of likely N-dealkylation sites (N-methyl/N-ethyl adjacent to an activating group) is 2. The maximum Gasteiger partial charge on any atom is 0.317 e. The number of urea groups is 1. The van der Waals surface area contributed by atoms with E-state index in [4.69, 9.17) is 0 Å². The lowest BCUT2D eigenvalue weighted by Crippen LogP contribution is -2.58. The van der Waals surface area contributed by atoms with E-state index in [1.807, 2.05) is 31.3 Å². The minimum absolute atomic E-state index is 0.0544. The Balaban J connectivity index is 1.85. The molecule has 1 saturated carbocycles. The minimum atomic E-state index is -0.968. The van der Waals surface area contributed by atoms with E-state index < -0.39 is 10.8 Å². The van der Waals surface area contributed by atoms with E-state index in [1.54, 1.807) is 11.2 Å². The zero-order valence-corrected chi connectivity index (χ0v) is 15.3. The van der Waals surface area contributed by atoms with Crippen LogP contribution in [0.4, 0.5) is 4.79 Å². The van der Waals surface area contributed by atoms with Gasteiger partial charge in [-0.1, -0.05) is 12.1 Å². The second-order valence-electron chi connectivity index (χ2n) is 6.59. The minimum Gasteiger partial charge on any atom is -0.334 e. The Bertz CT molecular complexity index is 568. The summed E-state index contributed by atoms with van der Waals surface area (Å²) in [5.74, 6) is 0. The van der Waals surface area contributed by atoms with Crippen molar-refractivity contribution in [3.05, 3.63) is 29.8 Å². The topological polar surface area (TPSA) is 52.6 Å². The summed E-state index contributed by atoms with van der Waals surface area (Å²) in [7, 11) is 5.06. The van der Waals surface area contributed by atoms with E-state index in [-0.39, 0.29) is 11.6 Å². The molecule has 0 aromatic heterocycles. The van der Waals surface area contributed by atoms with Crippen LogP contribution in [0, 0.1) is 0 Å². The average molecular weight is 337 g/mol. The Hall–Kier alpha value is -1.40. The molecule has 2 amide bonds. The maximum absolute atomic E-state index is 12.3. The van der Waals surface area contributed by atoms with Gasteiger partial charge in [-0.05, 0) is 51.1 Å². The van der Waals surface area contributed by atoms with Crippen molar-refractivity contribution in [2.75, 3.05) is 33.9 Å². The van der Waals surface area contributed by atoms with E-state index in [0.29, 0.717) is 6.54 Å². The van der Waals surface area contributed by atoms with Crippen LogP contribution in [0.2, 0.25) is 0 Å². The van der Waals surface area contributed by atoms with Crippen LogP contribution >= 0.6 is 0 Å². The molecule has 5 nitrogen and oxygen atoms in total. The quantitative estimate of drug-likeness (QED) is 0.864. The van der Waals surface area contributed by atoms with Crippen LogP contribution in [0.1, 0.15) is 24.8 Å². The van der Waals surface area contributed by atoms with Crippen molar-refractivity contribution in [3.8, 4) is 0 Å². The van der Waals surface area contributed by atoms with Gasteiger partial charge in [0.15, 0.2) is 0 Å². The van der Waals surface area contributed by atoms with Gasteiger partial charge in [0.05, 0.1) is 0 Å². The number of amides is 2. The van der Waals surface area contributed by atoms with Gasteiger partial charge in [0.2, 0.25) is 0 Å². The maximum atomic E-state index is 12.3. The van der Waals surface area contributed by atoms with Crippen LogP contribution < -0.4 is 5.32 Å². The predicted octanol–water partition coefficient (Wildman–Crippen LogP) is 2.05. The number of carbonyl (C=O) groups excluding carboxylic acids is 1. The van der Waals surface area contributed by atoms with Gasteiger partial charge in [0, 0.05) is 47.6 Å². The van der Waals surface area contributed by atoms with Gasteiger partial charge in [-0.15, -0.1) is 0 Å². The number of hydrogen-bond donors (Lipinski definition) is 1. The molecular formula is C17H27N3O2S. The normalized spacial score (nSPS) is 17.4. The molecule has 1 aliphatic rings. The smallest absolute Gasteiger partial charge is 0.317 e. The summed E-state index contributed by atoms with van der Waals surface area (Å²) in [6.45, 7) is 1.23. The van der Waals surface area contributed by atoms with E-state index >= 15 is 0 Å². The lowest BCUT2D eigenvalue weighted by Gasteiger charge is -2.49. The highest BCUT2D eigenvalue weighted by molar-refractivity contribution is 7.84. The van der Waals surface area contributed by atoms with Crippen molar-refractivity contribution in [3.63, 3.8) is 0 Å². The molecule has 1 N–H and O–H groups in total. The van der Waals surface area contributed by atoms with Gasteiger partial charge in [0.1, 0.15) is 0 Å². The van der Waals surface area contributed by atoms with Crippen molar-refractivity contribution in [1.29, 1.82) is 0 Å². The van der Waals surface area contributed by atoms with Gasteiger partial charge in [-0.25, -0.2) is 4.79 Å². The Morgan fingerprint density at radius 3 is 2.26 bits per heavy atom. The standard InChI is InChI=1S/C17H27N3O2S/c1-19(2)17(10-5-11-17)13-20(3)16(21)18-12-14-6-8-15(9-7-14)23(4)22/h6-9H,5,10-13H2,1-4H3,(H,18,21). The molecule has 1 fully saturated rings. The monoisotopic (exact) mass is 337 g/mol. The summed E-state index contributed by atoms with van der Waals surface area (Å²) in [6.07, 6.45) is 5.19. The highest BCUT2D eigenvalue weighted by Gasteiger charge is 2.40. The van der Waals surface area contributed by atoms with Crippen LogP contribution in [0.15, 0.2) is 29.2 Å². The van der Waals surface area contributed by atoms with Crippen LogP contribution in [0.3, 0.4) is 0 Å². The van der Waals surface area contributed by atoms with Crippen LogP contribution in [0.5, 0.6) is 0 Å². The Morgan fingerprint density at radius 1 is 1.22 bits per heavy atom. The lowest BCUT2D eigenvalue weighted by molar-refractivity contribution is 0.0363. The van der Waals surface area contributed by atoms with Gasteiger partial charge in [-0.3, -0.25) is 4.21 Å². The first-order valence-electron chi connectivity index (χ1n) is 7.93. The third-order valence-corrected chi connectivity index (χ3v) is 5.75. The number of nitrogens with zero attached hydrogens (tertiary/aromatic N) is 2. The van der Waals surface area contributed by atoms with E-state index in [1.165, 1.54) is 6.42 Å². The zero-order chi connectivity index (χ0) is 17.0. The fourth-order valence-corrected chi connectivity index (χ4v) is 3.48. The summed E-state index contributed by atoms with van der Waals surface area (Å²) in [5, 5.41) is 2.95. The molecule has 1 aromatic rings. The second-order valence-corrected chi connectivity index (χ2v) is 7.96. The molecule has 6 heteroatoms. The molecule has 0 spiro atoms. The first kappa shape index (κ1) is 17.9. The number of carbonyl (C=O) groups is 1. The van der Waals surface area contributed by atoms with Crippen LogP contribution in [0.25, 0.3) is 0 Å². The Kier molecular flexibility index (Phi) is 5.81. The van der Waals surface area contributed by atoms with Crippen molar-refractivity contribution in [1.82, 2.24) is 15.1 Å². The summed E-state index contributed by atoms with van der Waals surface area (Å²) in [4.78, 5) is 17.1. The summed E-state index contributed by atoms with van der Waals surface area (Å²) >= 11 is 0. The Morgan fingerprint density at radius 2 is 1.83 bits per heavy atom. The van der Waals surface area contributed by atoms with E-state index in [0.717, 1.165) is 29.8 Å². The number of rotatable bonds is 6. The molecule has 0 saturated heterocycles. The average Bonchev–Trinajstić information content (AvgIpc) is 2.48. The molecule has 23 heavy (non-hydrogen) atoms. The predicted molar refractivity (Wildman–Crippen MR) is 93.9 cm³/mol. The van der Waals surface area contributed by atoms with Gasteiger partial charge >= 0.3 is 6.03 Å². The van der Waals surface area contributed by atoms with Crippen molar-refractivity contribution >= 4 is 16.8 Å². The Labute approximate surface area is 141 Å². The highest BCUT2D eigenvalue weighted by atomic mass is 32.2. The molecular weight excluding hydrogens is 310 g/mol. The number of benzene rings is 1. The summed E-state index contributed by atoms with van der Waals surface area (Å²) in [5.41, 5.74) is 1.14. The third-order valence-electron chi connectivity index (χ3n) is 4.81. The third kappa shape index (κ3) is 4.32. The fraction of sp³-hybridized carbons (Fsp3) is 0.588. The summed E-state index contributed by atoms with van der Waals surface area (Å²) < 4.78 is 11.4. The van der Waals surface area contributed by atoms with Crippen LogP contribution in [-0.4, -0.2) is 59.5 Å². The van der Waals surface area contributed by atoms with Crippen molar-refractivity contribution < 1.29 is 9.00 Å². The number of hydrogen-bond acceptors (Lipinski definition) is 3. The lowest BCUT2D eigenvalue weighted by atomic mass is 9.75. The largest absolute Gasteiger partial charge is 0.334 e. The molecule has 2 rings (SSSR count). The van der Waals surface area contributed by atoms with Crippen molar-refractivity contribution in [2.45, 2.75) is 36.2 Å². The zero-order valence-electron chi connectivity index (χ0n) is 14.5. The van der Waals surface area contributed by atoms with E-state index in [9.17, 15) is 9.00 Å². The molecule has 0 aliphatic heterocycles. The molecule has 0 radical (unpaired) electrons. The number of nitrogens with one attached hydrogen (secondary N) is 1. The molecule has 0 heterocycles. The van der Waals surface area contributed by atoms with Gasteiger partial charge < -0.3 is 15.1 Å². The van der Waals surface area contributed by atoms with Crippen LogP contribution in [-0.2, 0) is 17.3 Å². The summed E-state index contributed by atoms with van der Waals surface area (Å²) in [6, 6.07) is 7.45. The molecule has 1 unspecified atom stereocenters. The second kappa shape index (κ2) is 7.45. The first-order valence-corrected chi connectivity index (χ1v) is 9.49. The highest BCUT2D eigenvalue weighted by Crippen LogP contribution is 2.36. The molecule has 1 aromatic carbocycles. The molecule has 1 atom stereocenters.